The van der Waals surface area contributed by atoms with E-state index in [-0.39, 0.29) is 5.12 Å². The Balaban J connectivity index is 2.74. The van der Waals surface area contributed by atoms with Gasteiger partial charge in [0.1, 0.15) is 12.2 Å². The summed E-state index contributed by atoms with van der Waals surface area (Å²) in [5.41, 5.74) is -0.263. The summed E-state index contributed by atoms with van der Waals surface area (Å²) in [7, 11) is 0. The van der Waals surface area contributed by atoms with Crippen LogP contribution in [0.25, 0.3) is 0 Å². The first-order valence-electron chi connectivity index (χ1n) is 8.75. The zero-order valence-electron chi connectivity index (χ0n) is 16.8. The van der Waals surface area contributed by atoms with Crippen molar-refractivity contribution < 1.29 is 28.7 Å². The number of carbonyl (C=O) groups is 4. The van der Waals surface area contributed by atoms with Crippen LogP contribution in [-0.2, 0) is 14.3 Å². The lowest BCUT2D eigenvalue weighted by molar-refractivity contribution is -0.119. The number of benzene rings is 1. The number of hydrogen-bond acceptors (Lipinski definition) is 7. The summed E-state index contributed by atoms with van der Waals surface area (Å²) in [5.74, 6) is -1.20. The first-order chi connectivity index (χ1) is 14.3. The van der Waals surface area contributed by atoms with Crippen LogP contribution in [0.1, 0.15) is 31.1 Å². The number of halogens is 3. The number of alkyl halides is 3. The molecule has 1 aromatic carbocycles. The molecular weight excluding hydrogens is 491 g/mol. The summed E-state index contributed by atoms with van der Waals surface area (Å²) in [4.78, 5) is 47.4. The van der Waals surface area contributed by atoms with Gasteiger partial charge >= 0.3 is 12.2 Å². The van der Waals surface area contributed by atoms with Crippen molar-refractivity contribution >= 4 is 69.8 Å². The third-order valence-corrected chi connectivity index (χ3v) is 4.32. The third kappa shape index (κ3) is 11.9. The summed E-state index contributed by atoms with van der Waals surface area (Å²) >= 11 is 17.0. The van der Waals surface area contributed by atoms with E-state index in [1.165, 1.54) is 11.5 Å². The molecule has 0 spiro atoms. The molecule has 0 saturated carbocycles. The quantitative estimate of drug-likeness (QED) is 0.537. The van der Waals surface area contributed by atoms with Crippen LogP contribution in [0.3, 0.4) is 0 Å². The van der Waals surface area contributed by atoms with E-state index in [9.17, 15) is 19.2 Å². The molecule has 2 N–H and O–H groups in total. The molecule has 1 aromatic rings. The molecule has 0 aromatic heterocycles. The van der Waals surface area contributed by atoms with Crippen molar-refractivity contribution in [2.45, 2.75) is 36.2 Å². The van der Waals surface area contributed by atoms with Crippen molar-refractivity contribution in [3.63, 3.8) is 0 Å². The molecule has 0 fully saturated rings. The average Bonchev–Trinajstić information content (AvgIpc) is 2.64. The monoisotopic (exact) mass is 510 g/mol. The summed E-state index contributed by atoms with van der Waals surface area (Å²) in [5, 5.41) is 5.44. The first-order valence-corrected chi connectivity index (χ1v) is 10.8. The topological polar surface area (TPSA) is 111 Å². The Bertz CT molecular complexity index is 822. The molecular formula is C19H21Cl3N2O6S. The average molecular weight is 512 g/mol. The second-order valence-electron chi connectivity index (χ2n) is 6.90. The van der Waals surface area contributed by atoms with Crippen molar-refractivity contribution in [2.75, 3.05) is 6.61 Å². The van der Waals surface area contributed by atoms with E-state index >= 15 is 0 Å². The van der Waals surface area contributed by atoms with Gasteiger partial charge in [-0.1, -0.05) is 83.0 Å². The van der Waals surface area contributed by atoms with Crippen LogP contribution in [0.5, 0.6) is 0 Å². The Kier molecular flexibility index (Phi) is 10.7. The number of nitrogens with one attached hydrogen (secondary N) is 2. The molecule has 0 aliphatic carbocycles. The lowest BCUT2D eigenvalue weighted by atomic mass is 10.2. The van der Waals surface area contributed by atoms with Crippen molar-refractivity contribution in [1.82, 2.24) is 10.6 Å². The maximum atomic E-state index is 12.1. The normalized spacial score (nSPS) is 12.7. The van der Waals surface area contributed by atoms with Gasteiger partial charge < -0.3 is 14.8 Å². The number of thioether (sulfide) groups is 1. The van der Waals surface area contributed by atoms with Gasteiger partial charge in [-0.25, -0.2) is 9.59 Å². The predicted molar refractivity (Wildman–Crippen MR) is 120 cm³/mol. The second-order valence-corrected chi connectivity index (χ2v) is 10.1. The van der Waals surface area contributed by atoms with Gasteiger partial charge in [-0.05, 0) is 26.2 Å². The van der Waals surface area contributed by atoms with Gasteiger partial charge in [0.25, 0.3) is 9.70 Å². The van der Waals surface area contributed by atoms with E-state index < -0.39 is 40.1 Å². The van der Waals surface area contributed by atoms with E-state index in [1.54, 1.807) is 56.4 Å². The number of rotatable bonds is 6. The number of imide groups is 1. The molecule has 0 unspecified atom stereocenters. The first kappa shape index (κ1) is 27.1. The third-order valence-electron chi connectivity index (χ3n) is 3.06. The largest absolute Gasteiger partial charge is 0.447 e. The van der Waals surface area contributed by atoms with Gasteiger partial charge in [-0.2, -0.15) is 0 Å². The molecule has 8 nitrogen and oxygen atoms in total. The van der Waals surface area contributed by atoms with E-state index in [0.717, 1.165) is 11.8 Å². The van der Waals surface area contributed by atoms with E-state index in [4.69, 9.17) is 44.3 Å². The standard InChI is InChI=1S/C19H21Cl3N2O6S/c1-18(2,3)30-17(28)23-13(11-29-16(27)24-15(26)19(20,21)22)9-10-31-14(25)12-7-5-4-6-8-12/h4-10,13H,11H2,1-3H3,(H,23,28)(H,24,26,27)/b10-9-/t13-/m1/s1. The Labute approximate surface area is 198 Å². The summed E-state index contributed by atoms with van der Waals surface area (Å²) in [6.45, 7) is 4.64. The van der Waals surface area contributed by atoms with Crippen molar-refractivity contribution in [1.29, 1.82) is 0 Å². The van der Waals surface area contributed by atoms with Crippen molar-refractivity contribution in [2.24, 2.45) is 0 Å². The van der Waals surface area contributed by atoms with Crippen LogP contribution in [0, 0.1) is 0 Å². The fourth-order valence-electron chi connectivity index (χ4n) is 1.81. The zero-order valence-corrected chi connectivity index (χ0v) is 19.9. The number of amides is 3. The molecule has 0 saturated heterocycles. The summed E-state index contributed by atoms with van der Waals surface area (Å²) in [6.07, 6.45) is -0.531. The molecule has 0 radical (unpaired) electrons. The summed E-state index contributed by atoms with van der Waals surface area (Å²) in [6, 6.07) is 7.70. The molecule has 1 atom stereocenters. The van der Waals surface area contributed by atoms with Gasteiger partial charge in [-0.15, -0.1) is 0 Å². The van der Waals surface area contributed by atoms with Crippen molar-refractivity contribution in [3.05, 3.63) is 47.4 Å². The van der Waals surface area contributed by atoms with E-state index in [2.05, 4.69) is 5.32 Å². The van der Waals surface area contributed by atoms with Crippen LogP contribution in [0.2, 0.25) is 0 Å². The molecule has 0 bridgehead atoms. The zero-order chi connectivity index (χ0) is 23.7. The Morgan fingerprint density at radius 2 is 1.68 bits per heavy atom. The number of hydrogen-bond donors (Lipinski definition) is 2. The molecule has 0 heterocycles. The molecule has 31 heavy (non-hydrogen) atoms. The van der Waals surface area contributed by atoms with E-state index in [1.807, 2.05) is 0 Å². The van der Waals surface area contributed by atoms with Gasteiger partial charge in [-0.3, -0.25) is 14.9 Å². The molecule has 0 aliphatic rings. The minimum atomic E-state index is -2.35. The lowest BCUT2D eigenvalue weighted by Gasteiger charge is -2.22. The maximum Gasteiger partial charge on any atom is 0.414 e. The fourth-order valence-corrected chi connectivity index (χ4v) is 2.61. The highest BCUT2D eigenvalue weighted by atomic mass is 35.6. The van der Waals surface area contributed by atoms with Gasteiger partial charge in [0.15, 0.2) is 0 Å². The lowest BCUT2D eigenvalue weighted by Crippen LogP contribution is -2.43. The number of ether oxygens (including phenoxy) is 2. The van der Waals surface area contributed by atoms with Gasteiger partial charge in [0.2, 0.25) is 5.12 Å². The van der Waals surface area contributed by atoms with Crippen LogP contribution in [0.15, 0.2) is 41.8 Å². The highest BCUT2D eigenvalue weighted by Crippen LogP contribution is 2.25. The van der Waals surface area contributed by atoms with Crippen LogP contribution < -0.4 is 10.6 Å². The highest BCUT2D eigenvalue weighted by Gasteiger charge is 2.32. The molecule has 170 valence electrons. The smallest absolute Gasteiger partial charge is 0.414 e. The Morgan fingerprint density at radius 3 is 2.23 bits per heavy atom. The predicted octanol–water partition coefficient (Wildman–Crippen LogP) is 4.59. The highest BCUT2D eigenvalue weighted by molar-refractivity contribution is 8.16. The number of alkyl carbamates (subject to hydrolysis) is 2. The summed E-state index contributed by atoms with van der Waals surface area (Å²) < 4.78 is 7.70. The maximum absolute atomic E-state index is 12.1. The van der Waals surface area contributed by atoms with Crippen LogP contribution in [0.4, 0.5) is 9.59 Å². The molecule has 1 rings (SSSR count). The minimum absolute atomic E-state index is 0.222. The molecule has 12 heteroatoms. The van der Waals surface area contributed by atoms with Gasteiger partial charge in [0, 0.05) is 5.56 Å². The molecule has 3 amide bonds. The second kappa shape index (κ2) is 12.2. The van der Waals surface area contributed by atoms with Crippen LogP contribution >= 0.6 is 46.6 Å². The SMILES string of the molecule is CC(C)(C)OC(=O)N[C@H](/C=C\SC(=O)c1ccccc1)COC(=O)NC(=O)C(Cl)(Cl)Cl. The van der Waals surface area contributed by atoms with Crippen LogP contribution in [-0.4, -0.2) is 45.3 Å². The van der Waals surface area contributed by atoms with Crippen molar-refractivity contribution in [3.8, 4) is 0 Å². The Hall–Kier alpha value is -1.94. The Morgan fingerprint density at radius 1 is 1.06 bits per heavy atom. The molecule has 0 aliphatic heterocycles. The minimum Gasteiger partial charge on any atom is -0.447 e. The van der Waals surface area contributed by atoms with E-state index in [0.29, 0.717) is 5.56 Å². The fraction of sp³-hybridized carbons (Fsp3) is 0.368. The van der Waals surface area contributed by atoms with Gasteiger partial charge in [0.05, 0.1) is 6.04 Å². The number of carbonyl (C=O) groups excluding carboxylic acids is 4.